The number of carbonyl (C=O) groups is 1. The summed E-state index contributed by atoms with van der Waals surface area (Å²) in [4.78, 5) is 16.8. The molecule has 1 amide bonds. The Morgan fingerprint density at radius 1 is 1.16 bits per heavy atom. The fourth-order valence-corrected chi connectivity index (χ4v) is 3.20. The third-order valence-electron chi connectivity index (χ3n) is 3.75. The van der Waals surface area contributed by atoms with Gasteiger partial charge in [-0.2, -0.15) is 0 Å². The van der Waals surface area contributed by atoms with Crippen molar-refractivity contribution in [2.45, 2.75) is 6.54 Å². The molecule has 3 aromatic rings. The maximum Gasteiger partial charge on any atom is 0.251 e. The molecule has 1 aliphatic heterocycles. The van der Waals surface area contributed by atoms with E-state index in [2.05, 4.69) is 10.3 Å². The molecular weight excluding hydrogens is 340 g/mol. The zero-order valence-electron chi connectivity index (χ0n) is 13.1. The van der Waals surface area contributed by atoms with Gasteiger partial charge < -0.3 is 19.9 Å². The number of phenolic OH excluding ortho intramolecular Hbond substituents is 1. The van der Waals surface area contributed by atoms with Crippen LogP contribution in [-0.4, -0.2) is 22.8 Å². The van der Waals surface area contributed by atoms with Gasteiger partial charge in [0, 0.05) is 16.5 Å². The first kappa shape index (κ1) is 15.5. The predicted octanol–water partition coefficient (Wildman–Crippen LogP) is 3.17. The first-order valence-electron chi connectivity index (χ1n) is 7.61. The SMILES string of the molecule is O=C(NCc1nc(-c2ccc(O)cc2)cs1)c1ccc2c(c1)OCO2. The van der Waals surface area contributed by atoms with Crippen molar-refractivity contribution in [3.63, 3.8) is 0 Å². The van der Waals surface area contributed by atoms with Crippen molar-refractivity contribution < 1.29 is 19.4 Å². The van der Waals surface area contributed by atoms with Crippen LogP contribution in [0.5, 0.6) is 17.2 Å². The Labute approximate surface area is 147 Å². The van der Waals surface area contributed by atoms with Crippen LogP contribution in [0.25, 0.3) is 11.3 Å². The lowest BCUT2D eigenvalue weighted by atomic mass is 10.2. The Balaban J connectivity index is 1.41. The Hall–Kier alpha value is -3.06. The van der Waals surface area contributed by atoms with Gasteiger partial charge in [-0.25, -0.2) is 4.98 Å². The lowest BCUT2D eigenvalue weighted by Crippen LogP contribution is -2.22. The van der Waals surface area contributed by atoms with E-state index in [0.717, 1.165) is 16.3 Å². The van der Waals surface area contributed by atoms with Gasteiger partial charge in [0.1, 0.15) is 10.8 Å². The molecule has 0 atom stereocenters. The molecule has 0 spiro atoms. The zero-order valence-corrected chi connectivity index (χ0v) is 13.9. The minimum Gasteiger partial charge on any atom is -0.508 e. The second-order valence-corrected chi connectivity index (χ2v) is 6.37. The van der Waals surface area contributed by atoms with Gasteiger partial charge in [-0.15, -0.1) is 11.3 Å². The molecule has 7 heteroatoms. The Bertz CT molecular complexity index is 921. The summed E-state index contributed by atoms with van der Waals surface area (Å²) in [5, 5.41) is 14.9. The second-order valence-electron chi connectivity index (χ2n) is 5.42. The minimum atomic E-state index is -0.195. The van der Waals surface area contributed by atoms with Crippen molar-refractivity contribution >= 4 is 17.2 Å². The number of hydrogen-bond donors (Lipinski definition) is 2. The van der Waals surface area contributed by atoms with E-state index >= 15 is 0 Å². The van der Waals surface area contributed by atoms with Crippen molar-refractivity contribution in [3.8, 4) is 28.5 Å². The number of nitrogens with one attached hydrogen (secondary N) is 1. The highest BCUT2D eigenvalue weighted by molar-refractivity contribution is 7.09. The lowest BCUT2D eigenvalue weighted by Gasteiger charge is -2.04. The monoisotopic (exact) mass is 354 g/mol. The fraction of sp³-hybridized carbons (Fsp3) is 0.111. The number of carbonyl (C=O) groups excluding carboxylic acids is 1. The summed E-state index contributed by atoms with van der Waals surface area (Å²) in [6, 6.07) is 11.9. The number of fused-ring (bicyclic) bond motifs is 1. The summed E-state index contributed by atoms with van der Waals surface area (Å²) < 4.78 is 10.5. The van der Waals surface area contributed by atoms with Crippen molar-refractivity contribution in [2.75, 3.05) is 6.79 Å². The van der Waals surface area contributed by atoms with E-state index in [1.807, 2.05) is 5.38 Å². The number of aromatic hydroxyl groups is 1. The first-order valence-corrected chi connectivity index (χ1v) is 8.49. The number of nitrogens with zero attached hydrogens (tertiary/aromatic N) is 1. The molecule has 2 N–H and O–H groups in total. The van der Waals surface area contributed by atoms with Gasteiger partial charge in [0.2, 0.25) is 6.79 Å². The van der Waals surface area contributed by atoms with Crippen LogP contribution in [0.15, 0.2) is 47.8 Å². The normalized spacial score (nSPS) is 12.2. The molecule has 1 aromatic heterocycles. The second kappa shape index (κ2) is 6.45. The molecule has 126 valence electrons. The molecule has 0 saturated carbocycles. The first-order chi connectivity index (χ1) is 12.2. The summed E-state index contributed by atoms with van der Waals surface area (Å²) in [7, 11) is 0. The van der Waals surface area contributed by atoms with Gasteiger partial charge in [0.15, 0.2) is 11.5 Å². The van der Waals surface area contributed by atoms with Gasteiger partial charge >= 0.3 is 0 Å². The van der Waals surface area contributed by atoms with Crippen LogP contribution in [0.1, 0.15) is 15.4 Å². The summed E-state index contributed by atoms with van der Waals surface area (Å²) in [5.74, 6) is 1.25. The van der Waals surface area contributed by atoms with Crippen LogP contribution in [0.3, 0.4) is 0 Å². The molecular formula is C18H14N2O4S. The van der Waals surface area contributed by atoms with E-state index in [-0.39, 0.29) is 18.4 Å². The Morgan fingerprint density at radius 3 is 2.80 bits per heavy atom. The third-order valence-corrected chi connectivity index (χ3v) is 4.60. The highest BCUT2D eigenvalue weighted by Crippen LogP contribution is 2.32. The average molecular weight is 354 g/mol. The van der Waals surface area contributed by atoms with Crippen molar-refractivity contribution in [1.29, 1.82) is 0 Å². The molecule has 0 fully saturated rings. The van der Waals surface area contributed by atoms with Crippen LogP contribution >= 0.6 is 11.3 Å². The number of ether oxygens (including phenoxy) is 2. The van der Waals surface area contributed by atoms with Gasteiger partial charge in [-0.05, 0) is 42.5 Å². The molecule has 6 nitrogen and oxygen atoms in total. The quantitative estimate of drug-likeness (QED) is 0.752. The largest absolute Gasteiger partial charge is 0.508 e. The number of phenols is 1. The molecule has 0 aliphatic carbocycles. The maximum atomic E-state index is 12.3. The van der Waals surface area contributed by atoms with E-state index in [1.165, 1.54) is 11.3 Å². The van der Waals surface area contributed by atoms with Crippen LogP contribution in [0.4, 0.5) is 0 Å². The topological polar surface area (TPSA) is 80.7 Å². The van der Waals surface area contributed by atoms with E-state index in [9.17, 15) is 9.90 Å². The fourth-order valence-electron chi connectivity index (χ4n) is 2.45. The van der Waals surface area contributed by atoms with Gasteiger partial charge in [0.25, 0.3) is 5.91 Å². The van der Waals surface area contributed by atoms with Gasteiger partial charge in [-0.3, -0.25) is 4.79 Å². The van der Waals surface area contributed by atoms with Crippen LogP contribution in [-0.2, 0) is 6.54 Å². The van der Waals surface area contributed by atoms with Gasteiger partial charge in [0.05, 0.1) is 12.2 Å². The number of hydrogen-bond acceptors (Lipinski definition) is 6. The highest BCUT2D eigenvalue weighted by atomic mass is 32.1. The molecule has 0 bridgehead atoms. The van der Waals surface area contributed by atoms with E-state index in [0.29, 0.717) is 23.6 Å². The molecule has 0 saturated heterocycles. The van der Waals surface area contributed by atoms with Crippen LogP contribution < -0.4 is 14.8 Å². The molecule has 2 heterocycles. The summed E-state index contributed by atoms with van der Waals surface area (Å²) in [5.41, 5.74) is 2.25. The molecule has 25 heavy (non-hydrogen) atoms. The lowest BCUT2D eigenvalue weighted by molar-refractivity contribution is 0.0950. The molecule has 2 aromatic carbocycles. The third kappa shape index (κ3) is 3.27. The summed E-state index contributed by atoms with van der Waals surface area (Å²) in [6.07, 6.45) is 0. The zero-order chi connectivity index (χ0) is 17.2. The standard InChI is InChI=1S/C18H14N2O4S/c21-13-4-1-11(2-5-13)14-9-25-17(20-14)8-19-18(22)12-3-6-15-16(7-12)24-10-23-15/h1-7,9,21H,8,10H2,(H,19,22). The van der Waals surface area contributed by atoms with E-state index in [4.69, 9.17) is 9.47 Å². The highest BCUT2D eigenvalue weighted by Gasteiger charge is 2.16. The molecule has 0 radical (unpaired) electrons. The van der Waals surface area contributed by atoms with Crippen LogP contribution in [0, 0.1) is 0 Å². The van der Waals surface area contributed by atoms with Crippen molar-refractivity contribution in [1.82, 2.24) is 10.3 Å². The number of thiazole rings is 1. The number of amides is 1. The van der Waals surface area contributed by atoms with Crippen molar-refractivity contribution in [3.05, 3.63) is 58.4 Å². The van der Waals surface area contributed by atoms with Gasteiger partial charge in [-0.1, -0.05) is 0 Å². The smallest absolute Gasteiger partial charge is 0.251 e. The Morgan fingerprint density at radius 2 is 1.96 bits per heavy atom. The molecule has 1 aliphatic rings. The molecule has 4 rings (SSSR count). The Kier molecular flexibility index (Phi) is 3.99. The number of rotatable bonds is 4. The van der Waals surface area contributed by atoms with E-state index < -0.39 is 0 Å². The molecule has 0 unspecified atom stereocenters. The average Bonchev–Trinajstić information content (AvgIpc) is 3.29. The number of benzene rings is 2. The summed E-state index contributed by atoms with van der Waals surface area (Å²) >= 11 is 1.47. The maximum absolute atomic E-state index is 12.3. The van der Waals surface area contributed by atoms with Crippen molar-refractivity contribution in [2.24, 2.45) is 0 Å². The predicted molar refractivity (Wildman–Crippen MR) is 93.0 cm³/mol. The minimum absolute atomic E-state index is 0.180. The van der Waals surface area contributed by atoms with E-state index in [1.54, 1.807) is 42.5 Å². The summed E-state index contributed by atoms with van der Waals surface area (Å²) in [6.45, 7) is 0.523. The van der Waals surface area contributed by atoms with Crippen LogP contribution in [0.2, 0.25) is 0 Å². The number of aromatic nitrogens is 1.